The number of fused-ring (bicyclic) bond motifs is 5. The number of hydrogen-bond acceptors (Lipinski definition) is 3. The van der Waals surface area contributed by atoms with E-state index in [9.17, 15) is 9.59 Å². The molecule has 28 heavy (non-hydrogen) atoms. The first-order valence-electron chi connectivity index (χ1n) is 11.4. The lowest BCUT2D eigenvalue weighted by atomic mass is 9.44. The zero-order valence-electron chi connectivity index (χ0n) is 18.3. The molecule has 0 heterocycles. The van der Waals surface area contributed by atoms with Crippen LogP contribution >= 0.6 is 12.2 Å². The molecule has 156 valence electrons. The molecule has 4 heteroatoms. The lowest BCUT2D eigenvalue weighted by Crippen LogP contribution is -2.57. The molecular weight excluding hydrogens is 366 g/mol. The van der Waals surface area contributed by atoms with Gasteiger partial charge in [-0.2, -0.15) is 0 Å². The highest BCUT2D eigenvalue weighted by molar-refractivity contribution is 7.82. The molecule has 0 aromatic rings. The third-order valence-corrected chi connectivity index (χ3v) is 9.68. The molecule has 3 nitrogen and oxygen atoms in total. The molecule has 4 rings (SSSR count). The molecular formula is C24H37NO2S. The first-order chi connectivity index (χ1) is 13.0. The molecule has 4 unspecified atom stereocenters. The summed E-state index contributed by atoms with van der Waals surface area (Å²) in [4.78, 5) is 26.1. The number of ketones is 1. The Kier molecular flexibility index (Phi) is 4.85. The van der Waals surface area contributed by atoms with Crippen molar-refractivity contribution in [2.24, 2.45) is 40.4 Å². The molecule has 0 aromatic carbocycles. The third-order valence-electron chi connectivity index (χ3n) is 9.17. The van der Waals surface area contributed by atoms with E-state index in [0.717, 1.165) is 30.5 Å². The number of thiocarbonyl (C=S) groups is 1. The largest absolute Gasteiger partial charge is 0.351 e. The zero-order valence-corrected chi connectivity index (χ0v) is 19.1. The number of Topliss-reactive ketones (excluding diaryl/α,β-unsaturated/α-hetero) is 1. The minimum atomic E-state index is -0.168. The number of nitrogens with one attached hydrogen (secondary N) is 1. The van der Waals surface area contributed by atoms with E-state index in [-0.39, 0.29) is 34.0 Å². The van der Waals surface area contributed by atoms with Crippen molar-refractivity contribution >= 4 is 28.8 Å². The molecule has 0 aromatic heterocycles. The Hall–Kier alpha value is -0.770. The topological polar surface area (TPSA) is 46.2 Å². The fourth-order valence-electron chi connectivity index (χ4n) is 7.83. The lowest BCUT2D eigenvalue weighted by Gasteiger charge is -2.60. The first-order valence-corrected chi connectivity index (χ1v) is 11.8. The number of carbonyl (C=O) groups excluding carboxylic acids is 2. The number of carbonyl (C=O) groups is 2. The van der Waals surface area contributed by atoms with Crippen molar-refractivity contribution in [3.63, 3.8) is 0 Å². The average molecular weight is 404 g/mol. The lowest BCUT2D eigenvalue weighted by molar-refractivity contribution is -0.137. The van der Waals surface area contributed by atoms with Crippen LogP contribution in [0.1, 0.15) is 86.0 Å². The summed E-state index contributed by atoms with van der Waals surface area (Å²) in [5.41, 5.74) is 0.157. The second-order valence-electron chi connectivity index (χ2n) is 11.7. The number of hydrogen-bond donors (Lipinski definition) is 1. The summed E-state index contributed by atoms with van der Waals surface area (Å²) in [6, 6.07) is 0. The standard InChI is InChI=1S/C24H37NO2S/c1-22(2,3)25-21(27)18-9-8-15-14-6-7-17-20(28)19(26)11-13-23(17,4)16(14)10-12-24(15,18)5/h14-18H,6-13H2,1-5H3,(H,25,27)/t14?,15?,16?,17?,18-,23-,24+/m1/s1. The Balaban J connectivity index is 1.58. The predicted octanol–water partition coefficient (Wildman–Crippen LogP) is 5.11. The molecule has 4 aliphatic carbocycles. The van der Waals surface area contributed by atoms with Crippen LogP contribution < -0.4 is 5.32 Å². The van der Waals surface area contributed by atoms with Crippen molar-refractivity contribution in [3.8, 4) is 0 Å². The molecule has 1 N–H and O–H groups in total. The summed E-state index contributed by atoms with van der Waals surface area (Å²) in [6.07, 6.45) is 8.47. The van der Waals surface area contributed by atoms with Crippen LogP contribution in [0.15, 0.2) is 0 Å². The van der Waals surface area contributed by atoms with E-state index in [1.807, 2.05) is 0 Å². The summed E-state index contributed by atoms with van der Waals surface area (Å²) < 4.78 is 0. The van der Waals surface area contributed by atoms with Crippen molar-refractivity contribution in [2.45, 2.75) is 91.5 Å². The van der Waals surface area contributed by atoms with Crippen molar-refractivity contribution in [2.75, 3.05) is 0 Å². The molecule has 4 saturated carbocycles. The van der Waals surface area contributed by atoms with Crippen LogP contribution in [0, 0.1) is 40.4 Å². The first kappa shape index (κ1) is 20.5. The van der Waals surface area contributed by atoms with Crippen LogP contribution in [-0.2, 0) is 9.59 Å². The summed E-state index contributed by atoms with van der Waals surface area (Å²) in [5.74, 6) is 2.97. The van der Waals surface area contributed by atoms with E-state index >= 15 is 0 Å². The van der Waals surface area contributed by atoms with Gasteiger partial charge >= 0.3 is 0 Å². The minimum Gasteiger partial charge on any atom is -0.351 e. The quantitative estimate of drug-likeness (QED) is 0.619. The van der Waals surface area contributed by atoms with Crippen LogP contribution in [0.25, 0.3) is 0 Å². The van der Waals surface area contributed by atoms with Crippen LogP contribution in [0.5, 0.6) is 0 Å². The van der Waals surface area contributed by atoms with Gasteiger partial charge in [-0.15, -0.1) is 0 Å². The number of rotatable bonds is 1. The SMILES string of the molecule is CC(C)(C)NC(=O)[C@H]1CCC2C3CCC4C(=S)C(=O)CC[C@]4(C)C3CC[C@@]21C. The molecule has 0 spiro atoms. The van der Waals surface area contributed by atoms with Gasteiger partial charge < -0.3 is 5.32 Å². The highest BCUT2D eigenvalue weighted by Gasteiger charge is 2.62. The zero-order chi connectivity index (χ0) is 20.5. The molecule has 0 bridgehead atoms. The van der Waals surface area contributed by atoms with Gasteiger partial charge in [-0.05, 0) is 94.3 Å². The Labute approximate surface area is 175 Å². The van der Waals surface area contributed by atoms with E-state index in [0.29, 0.717) is 30.1 Å². The summed E-state index contributed by atoms with van der Waals surface area (Å²) in [6.45, 7) is 11.1. The maximum atomic E-state index is 13.1. The Morgan fingerprint density at radius 2 is 1.68 bits per heavy atom. The van der Waals surface area contributed by atoms with Gasteiger partial charge in [-0.25, -0.2) is 0 Å². The van der Waals surface area contributed by atoms with Gasteiger partial charge in [0.05, 0.1) is 4.86 Å². The van der Waals surface area contributed by atoms with Gasteiger partial charge in [0.1, 0.15) is 0 Å². The van der Waals surface area contributed by atoms with Gasteiger partial charge in [-0.3, -0.25) is 9.59 Å². The predicted molar refractivity (Wildman–Crippen MR) is 116 cm³/mol. The molecule has 4 fully saturated rings. The number of amides is 1. The summed E-state index contributed by atoms with van der Waals surface area (Å²) in [7, 11) is 0. The van der Waals surface area contributed by atoms with E-state index in [1.165, 1.54) is 19.3 Å². The van der Waals surface area contributed by atoms with Crippen molar-refractivity contribution < 1.29 is 9.59 Å². The van der Waals surface area contributed by atoms with Crippen LogP contribution in [-0.4, -0.2) is 22.1 Å². The maximum absolute atomic E-state index is 13.1. The summed E-state index contributed by atoms with van der Waals surface area (Å²) >= 11 is 5.61. The van der Waals surface area contributed by atoms with Crippen LogP contribution in [0.4, 0.5) is 0 Å². The molecule has 0 aliphatic heterocycles. The molecule has 0 radical (unpaired) electrons. The fraction of sp³-hybridized carbons (Fsp3) is 0.875. The fourth-order valence-corrected chi connectivity index (χ4v) is 8.32. The van der Waals surface area contributed by atoms with E-state index in [2.05, 4.69) is 39.9 Å². The molecule has 1 amide bonds. The minimum absolute atomic E-state index is 0.130. The van der Waals surface area contributed by atoms with Gasteiger partial charge in [0, 0.05) is 23.8 Å². The van der Waals surface area contributed by atoms with Crippen molar-refractivity contribution in [1.82, 2.24) is 5.32 Å². The second-order valence-corrected chi connectivity index (χ2v) is 12.2. The molecule has 4 aliphatic rings. The van der Waals surface area contributed by atoms with Gasteiger partial charge in [-0.1, -0.05) is 26.1 Å². The van der Waals surface area contributed by atoms with E-state index < -0.39 is 0 Å². The Morgan fingerprint density at radius 1 is 1.00 bits per heavy atom. The highest BCUT2D eigenvalue weighted by Crippen LogP contribution is 2.67. The van der Waals surface area contributed by atoms with Crippen molar-refractivity contribution in [3.05, 3.63) is 0 Å². The monoisotopic (exact) mass is 403 g/mol. The highest BCUT2D eigenvalue weighted by atomic mass is 32.1. The van der Waals surface area contributed by atoms with Crippen LogP contribution in [0.3, 0.4) is 0 Å². The van der Waals surface area contributed by atoms with Gasteiger partial charge in [0.2, 0.25) is 5.91 Å². The second kappa shape index (κ2) is 6.62. The Bertz CT molecular complexity index is 710. The van der Waals surface area contributed by atoms with Gasteiger partial charge in [0.15, 0.2) is 5.78 Å². The maximum Gasteiger partial charge on any atom is 0.224 e. The molecule has 0 saturated heterocycles. The van der Waals surface area contributed by atoms with E-state index in [4.69, 9.17) is 12.2 Å². The van der Waals surface area contributed by atoms with Gasteiger partial charge in [0.25, 0.3) is 0 Å². The van der Waals surface area contributed by atoms with E-state index in [1.54, 1.807) is 0 Å². The average Bonchev–Trinajstić information content (AvgIpc) is 2.94. The summed E-state index contributed by atoms with van der Waals surface area (Å²) in [5, 5.41) is 3.26. The smallest absolute Gasteiger partial charge is 0.224 e. The third kappa shape index (κ3) is 3.00. The normalized spacial score (nSPS) is 45.8. The van der Waals surface area contributed by atoms with Crippen LogP contribution in [0.2, 0.25) is 0 Å². The molecule has 7 atom stereocenters. The van der Waals surface area contributed by atoms with Crippen molar-refractivity contribution in [1.29, 1.82) is 0 Å². The Morgan fingerprint density at radius 3 is 2.36 bits per heavy atom.